The normalized spacial score (nSPS) is 26.7. The molecule has 0 aliphatic carbocycles. The lowest BCUT2D eigenvalue weighted by Crippen LogP contribution is -2.51. The molecule has 1 unspecified atom stereocenters. The van der Waals surface area contributed by atoms with Crippen molar-refractivity contribution in [2.75, 3.05) is 6.61 Å². The zero-order valence-electron chi connectivity index (χ0n) is 10.0. The first kappa shape index (κ1) is 11.5. The molecule has 1 saturated heterocycles. The Morgan fingerprint density at radius 2 is 1.93 bits per heavy atom. The van der Waals surface area contributed by atoms with E-state index in [1.807, 2.05) is 46.4 Å². The third-order valence-electron chi connectivity index (χ3n) is 2.55. The van der Waals surface area contributed by atoms with Gasteiger partial charge in [-0.2, -0.15) is 0 Å². The summed E-state index contributed by atoms with van der Waals surface area (Å²) in [5.41, 5.74) is -0.511. The molecule has 1 heterocycles. The lowest BCUT2D eigenvalue weighted by Gasteiger charge is -2.36. The number of rotatable bonds is 0. The molecule has 0 N–H and O–H groups in total. The van der Waals surface area contributed by atoms with Crippen LogP contribution in [0.3, 0.4) is 0 Å². The van der Waals surface area contributed by atoms with Crippen LogP contribution in [0.25, 0.3) is 0 Å². The van der Waals surface area contributed by atoms with Crippen LogP contribution in [-0.4, -0.2) is 29.2 Å². The number of hydrogen-bond donors (Lipinski definition) is 0. The van der Waals surface area contributed by atoms with E-state index in [9.17, 15) is 4.79 Å². The summed E-state index contributed by atoms with van der Waals surface area (Å²) in [6, 6.07) is 0. The molecule has 0 aromatic carbocycles. The molecule has 0 aromatic rings. The van der Waals surface area contributed by atoms with Gasteiger partial charge in [-0.3, -0.25) is 4.79 Å². The smallest absolute Gasteiger partial charge is 0.230 e. The van der Waals surface area contributed by atoms with E-state index in [1.165, 1.54) is 0 Å². The minimum atomic E-state index is -0.334. The number of carbonyl (C=O) groups excluding carboxylic acids is 1. The van der Waals surface area contributed by atoms with Gasteiger partial charge in [-0.05, 0) is 20.8 Å². The Morgan fingerprint density at radius 1 is 1.43 bits per heavy atom. The van der Waals surface area contributed by atoms with Crippen LogP contribution in [0.2, 0.25) is 0 Å². The van der Waals surface area contributed by atoms with Crippen molar-refractivity contribution in [3.05, 3.63) is 0 Å². The standard InChI is InChI=1S/C11H21NO2/c1-8-12(9(13)10(2,3)4)11(5,6)7-14-8/h8H,7H2,1-6H3. The van der Waals surface area contributed by atoms with Crippen LogP contribution in [-0.2, 0) is 9.53 Å². The van der Waals surface area contributed by atoms with Crippen molar-refractivity contribution >= 4 is 5.91 Å². The van der Waals surface area contributed by atoms with Crippen molar-refractivity contribution in [2.45, 2.75) is 53.3 Å². The van der Waals surface area contributed by atoms with Crippen molar-refractivity contribution in [3.63, 3.8) is 0 Å². The van der Waals surface area contributed by atoms with E-state index in [2.05, 4.69) is 0 Å². The number of hydrogen-bond acceptors (Lipinski definition) is 2. The summed E-state index contributed by atoms with van der Waals surface area (Å²) < 4.78 is 5.50. The summed E-state index contributed by atoms with van der Waals surface area (Å²) in [6.07, 6.45) is -0.100. The van der Waals surface area contributed by atoms with Gasteiger partial charge in [-0.15, -0.1) is 0 Å². The second kappa shape index (κ2) is 3.23. The Balaban J connectivity index is 2.91. The zero-order valence-corrected chi connectivity index (χ0v) is 10.0. The molecule has 3 heteroatoms. The second-order valence-electron chi connectivity index (χ2n) is 5.65. The maximum Gasteiger partial charge on any atom is 0.230 e. The van der Waals surface area contributed by atoms with Gasteiger partial charge in [0, 0.05) is 5.41 Å². The molecular weight excluding hydrogens is 178 g/mol. The van der Waals surface area contributed by atoms with Crippen molar-refractivity contribution in [2.24, 2.45) is 5.41 Å². The SMILES string of the molecule is CC1OCC(C)(C)N1C(=O)C(C)(C)C. The fourth-order valence-electron chi connectivity index (χ4n) is 1.76. The third-order valence-corrected chi connectivity index (χ3v) is 2.55. The first-order valence-corrected chi connectivity index (χ1v) is 5.11. The van der Waals surface area contributed by atoms with Crippen LogP contribution in [0.4, 0.5) is 0 Å². The van der Waals surface area contributed by atoms with Crippen molar-refractivity contribution in [1.82, 2.24) is 4.90 Å². The van der Waals surface area contributed by atoms with Crippen LogP contribution < -0.4 is 0 Å². The summed E-state index contributed by atoms with van der Waals surface area (Å²) in [4.78, 5) is 14.0. The maximum atomic E-state index is 12.1. The van der Waals surface area contributed by atoms with Gasteiger partial charge in [0.2, 0.25) is 5.91 Å². The van der Waals surface area contributed by atoms with Crippen LogP contribution in [0.1, 0.15) is 41.5 Å². The van der Waals surface area contributed by atoms with Crippen molar-refractivity contribution < 1.29 is 9.53 Å². The zero-order chi connectivity index (χ0) is 11.1. The molecule has 0 radical (unpaired) electrons. The molecule has 1 aliphatic rings. The van der Waals surface area contributed by atoms with Crippen molar-refractivity contribution in [3.8, 4) is 0 Å². The molecule has 82 valence electrons. The van der Waals surface area contributed by atoms with Crippen LogP contribution in [0, 0.1) is 5.41 Å². The minimum absolute atomic E-state index is 0.100. The van der Waals surface area contributed by atoms with Gasteiger partial charge in [0.1, 0.15) is 6.23 Å². The minimum Gasteiger partial charge on any atom is -0.356 e. The number of amides is 1. The van der Waals surface area contributed by atoms with Crippen molar-refractivity contribution in [1.29, 1.82) is 0 Å². The largest absolute Gasteiger partial charge is 0.356 e. The second-order valence-corrected chi connectivity index (χ2v) is 5.65. The first-order valence-electron chi connectivity index (χ1n) is 5.11. The Bertz CT molecular complexity index is 240. The molecule has 0 spiro atoms. The predicted molar refractivity (Wildman–Crippen MR) is 55.8 cm³/mol. The van der Waals surface area contributed by atoms with Crippen LogP contribution in [0.5, 0.6) is 0 Å². The fourth-order valence-corrected chi connectivity index (χ4v) is 1.76. The third kappa shape index (κ3) is 1.92. The van der Waals surface area contributed by atoms with E-state index in [4.69, 9.17) is 4.74 Å². The van der Waals surface area contributed by atoms with Gasteiger partial charge >= 0.3 is 0 Å². The van der Waals surface area contributed by atoms with E-state index < -0.39 is 0 Å². The monoisotopic (exact) mass is 199 g/mol. The Morgan fingerprint density at radius 3 is 2.21 bits per heavy atom. The highest BCUT2D eigenvalue weighted by Gasteiger charge is 2.44. The Kier molecular flexibility index (Phi) is 2.65. The lowest BCUT2D eigenvalue weighted by atomic mass is 9.92. The van der Waals surface area contributed by atoms with Gasteiger partial charge < -0.3 is 9.64 Å². The topological polar surface area (TPSA) is 29.5 Å². The van der Waals surface area contributed by atoms with E-state index in [1.54, 1.807) is 0 Å². The number of nitrogens with zero attached hydrogens (tertiary/aromatic N) is 1. The first-order chi connectivity index (χ1) is 6.16. The highest BCUT2D eigenvalue weighted by atomic mass is 16.5. The predicted octanol–water partition coefficient (Wildman–Crippen LogP) is 2.02. The average molecular weight is 199 g/mol. The molecule has 14 heavy (non-hydrogen) atoms. The summed E-state index contributed by atoms with van der Waals surface area (Å²) >= 11 is 0. The average Bonchev–Trinajstić information content (AvgIpc) is 2.23. The van der Waals surface area contributed by atoms with Gasteiger partial charge in [0.25, 0.3) is 0 Å². The number of carbonyl (C=O) groups is 1. The van der Waals surface area contributed by atoms with Gasteiger partial charge in [-0.1, -0.05) is 20.8 Å². The summed E-state index contributed by atoms with van der Waals surface area (Å²) in [5, 5.41) is 0. The molecule has 0 aromatic heterocycles. The molecular formula is C11H21NO2. The Hall–Kier alpha value is -0.570. The highest BCUT2D eigenvalue weighted by Crippen LogP contribution is 2.31. The molecule has 1 atom stereocenters. The molecule has 0 bridgehead atoms. The van der Waals surface area contributed by atoms with E-state index in [-0.39, 0.29) is 23.1 Å². The number of ether oxygens (including phenoxy) is 1. The summed E-state index contributed by atoms with van der Waals surface area (Å²) in [7, 11) is 0. The molecule has 1 rings (SSSR count). The van der Waals surface area contributed by atoms with E-state index in [0.717, 1.165) is 0 Å². The van der Waals surface area contributed by atoms with Crippen LogP contribution in [0.15, 0.2) is 0 Å². The van der Waals surface area contributed by atoms with Gasteiger partial charge in [0.15, 0.2) is 0 Å². The van der Waals surface area contributed by atoms with E-state index in [0.29, 0.717) is 6.61 Å². The van der Waals surface area contributed by atoms with E-state index >= 15 is 0 Å². The van der Waals surface area contributed by atoms with Gasteiger partial charge in [-0.25, -0.2) is 0 Å². The quantitative estimate of drug-likeness (QED) is 0.597. The highest BCUT2D eigenvalue weighted by molar-refractivity contribution is 5.82. The molecule has 1 fully saturated rings. The Labute approximate surface area is 86.4 Å². The fraction of sp³-hybridized carbons (Fsp3) is 0.909. The molecule has 1 amide bonds. The summed E-state index contributed by atoms with van der Waals surface area (Å²) in [5.74, 6) is 0.160. The maximum absolute atomic E-state index is 12.1. The molecule has 3 nitrogen and oxygen atoms in total. The van der Waals surface area contributed by atoms with Crippen LogP contribution >= 0.6 is 0 Å². The van der Waals surface area contributed by atoms with Gasteiger partial charge in [0.05, 0.1) is 12.1 Å². The summed E-state index contributed by atoms with van der Waals surface area (Å²) in [6.45, 7) is 12.5. The lowest BCUT2D eigenvalue weighted by molar-refractivity contribution is -0.147. The molecule has 0 saturated carbocycles. The molecule has 1 aliphatic heterocycles.